The summed E-state index contributed by atoms with van der Waals surface area (Å²) in [4.78, 5) is 0. The summed E-state index contributed by atoms with van der Waals surface area (Å²) in [5.41, 5.74) is 0.735. The smallest absolute Gasteiger partial charge is 0.0683 e. The maximum absolute atomic E-state index is 8.91. The average molecular weight is 330 g/mol. The van der Waals surface area contributed by atoms with Crippen molar-refractivity contribution in [2.75, 3.05) is 11.9 Å². The monoisotopic (exact) mass is 328 g/mol. The van der Waals surface area contributed by atoms with Crippen LogP contribution >= 0.6 is 27.5 Å². The minimum absolute atomic E-state index is 0.215. The van der Waals surface area contributed by atoms with Crippen molar-refractivity contribution < 1.29 is 0 Å². The Bertz CT molecular complexity index is 438. The fourth-order valence-electron chi connectivity index (χ4n) is 1.60. The predicted molar refractivity (Wildman–Crippen MR) is 80.9 cm³/mol. The SMILES string of the molecule is CC(C)(C#N)CCCCNc1cc(Br)ccc1Cl. The van der Waals surface area contributed by atoms with E-state index in [9.17, 15) is 0 Å². The van der Waals surface area contributed by atoms with Gasteiger partial charge in [-0.25, -0.2) is 0 Å². The highest BCUT2D eigenvalue weighted by molar-refractivity contribution is 9.10. The molecule has 0 atom stereocenters. The van der Waals surface area contributed by atoms with Crippen LogP contribution in [0.4, 0.5) is 5.69 Å². The predicted octanol–water partition coefficient (Wildman–Crippen LogP) is 5.23. The summed E-state index contributed by atoms with van der Waals surface area (Å²) in [7, 11) is 0. The van der Waals surface area contributed by atoms with E-state index in [4.69, 9.17) is 16.9 Å². The van der Waals surface area contributed by atoms with Gasteiger partial charge >= 0.3 is 0 Å². The maximum atomic E-state index is 8.91. The first kappa shape index (κ1) is 15.3. The molecule has 0 saturated carbocycles. The summed E-state index contributed by atoms with van der Waals surface area (Å²) < 4.78 is 1.01. The molecule has 0 aliphatic heterocycles. The molecule has 0 aromatic heterocycles. The second kappa shape index (κ2) is 7.01. The van der Waals surface area contributed by atoms with Crippen molar-refractivity contribution in [3.05, 3.63) is 27.7 Å². The van der Waals surface area contributed by atoms with Crippen LogP contribution in [0.1, 0.15) is 33.1 Å². The van der Waals surface area contributed by atoms with Crippen molar-refractivity contribution in [3.63, 3.8) is 0 Å². The molecule has 0 amide bonds. The van der Waals surface area contributed by atoms with Crippen molar-refractivity contribution >= 4 is 33.2 Å². The molecule has 1 aromatic carbocycles. The number of nitriles is 1. The molecule has 2 nitrogen and oxygen atoms in total. The second-order valence-corrected chi connectivity index (χ2v) is 6.33. The van der Waals surface area contributed by atoms with Gasteiger partial charge in [-0.1, -0.05) is 34.0 Å². The van der Waals surface area contributed by atoms with Crippen LogP contribution in [-0.2, 0) is 0 Å². The van der Waals surface area contributed by atoms with Gasteiger partial charge in [0.05, 0.1) is 22.2 Å². The second-order valence-electron chi connectivity index (χ2n) is 5.00. The third-order valence-corrected chi connectivity index (χ3v) is 3.60. The summed E-state index contributed by atoms with van der Waals surface area (Å²) in [6, 6.07) is 8.08. The van der Waals surface area contributed by atoms with Crippen molar-refractivity contribution in [1.82, 2.24) is 0 Å². The Morgan fingerprint density at radius 1 is 1.39 bits per heavy atom. The maximum Gasteiger partial charge on any atom is 0.0683 e. The van der Waals surface area contributed by atoms with Crippen LogP contribution in [0.3, 0.4) is 0 Å². The topological polar surface area (TPSA) is 35.8 Å². The highest BCUT2D eigenvalue weighted by Gasteiger charge is 2.15. The van der Waals surface area contributed by atoms with Gasteiger partial charge in [0.1, 0.15) is 0 Å². The lowest BCUT2D eigenvalue weighted by Crippen LogP contribution is -2.09. The number of nitrogens with one attached hydrogen (secondary N) is 1. The lowest BCUT2D eigenvalue weighted by atomic mass is 9.89. The van der Waals surface area contributed by atoms with Crippen molar-refractivity contribution in [1.29, 1.82) is 5.26 Å². The fraction of sp³-hybridized carbons (Fsp3) is 0.500. The quantitative estimate of drug-likeness (QED) is 0.725. The van der Waals surface area contributed by atoms with E-state index in [1.807, 2.05) is 32.0 Å². The molecular formula is C14H18BrClN2. The molecule has 0 radical (unpaired) electrons. The van der Waals surface area contributed by atoms with E-state index in [1.54, 1.807) is 0 Å². The van der Waals surface area contributed by atoms with Crippen LogP contribution in [-0.4, -0.2) is 6.54 Å². The molecule has 98 valence electrons. The van der Waals surface area contributed by atoms with E-state index in [0.717, 1.165) is 41.0 Å². The van der Waals surface area contributed by atoms with E-state index in [2.05, 4.69) is 27.3 Å². The number of benzene rings is 1. The minimum atomic E-state index is -0.215. The van der Waals surface area contributed by atoms with E-state index in [-0.39, 0.29) is 5.41 Å². The third kappa shape index (κ3) is 5.29. The summed E-state index contributed by atoms with van der Waals surface area (Å²) >= 11 is 9.50. The molecule has 0 spiro atoms. The van der Waals surface area contributed by atoms with Gasteiger partial charge < -0.3 is 5.32 Å². The summed E-state index contributed by atoms with van der Waals surface area (Å²) in [6.45, 7) is 4.83. The molecule has 0 saturated heterocycles. The first-order chi connectivity index (χ1) is 8.44. The molecule has 0 bridgehead atoms. The molecule has 0 fully saturated rings. The third-order valence-electron chi connectivity index (χ3n) is 2.78. The molecule has 4 heteroatoms. The highest BCUT2D eigenvalue weighted by Crippen LogP contribution is 2.26. The normalized spacial score (nSPS) is 11.1. The zero-order chi connectivity index (χ0) is 13.6. The first-order valence-electron chi connectivity index (χ1n) is 6.05. The summed E-state index contributed by atoms with van der Waals surface area (Å²) in [6.07, 6.45) is 3.00. The molecule has 18 heavy (non-hydrogen) atoms. The molecule has 1 rings (SSSR count). The molecule has 0 aliphatic rings. The van der Waals surface area contributed by atoms with Gasteiger partial charge in [0.2, 0.25) is 0 Å². The zero-order valence-electron chi connectivity index (χ0n) is 10.8. The number of rotatable bonds is 6. The number of anilines is 1. The van der Waals surface area contributed by atoms with E-state index in [1.165, 1.54) is 0 Å². The number of halogens is 2. The largest absolute Gasteiger partial charge is 0.384 e. The van der Waals surface area contributed by atoms with Gasteiger partial charge in [-0.15, -0.1) is 0 Å². The van der Waals surface area contributed by atoms with Gasteiger partial charge in [-0.05, 0) is 44.9 Å². The number of unbranched alkanes of at least 4 members (excludes halogenated alkanes) is 1. The first-order valence-corrected chi connectivity index (χ1v) is 7.22. The Balaban J connectivity index is 2.30. The summed E-state index contributed by atoms with van der Waals surface area (Å²) in [5.74, 6) is 0. The minimum Gasteiger partial charge on any atom is -0.384 e. The average Bonchev–Trinajstić information content (AvgIpc) is 2.33. The van der Waals surface area contributed by atoms with Gasteiger partial charge in [0.25, 0.3) is 0 Å². The van der Waals surface area contributed by atoms with Crippen LogP contribution in [0.5, 0.6) is 0 Å². The Morgan fingerprint density at radius 2 is 2.11 bits per heavy atom. The molecule has 0 unspecified atom stereocenters. The number of hydrogen-bond donors (Lipinski definition) is 1. The highest BCUT2D eigenvalue weighted by atomic mass is 79.9. The molecule has 0 aliphatic carbocycles. The molecule has 1 N–H and O–H groups in total. The molecular weight excluding hydrogens is 312 g/mol. The van der Waals surface area contributed by atoms with E-state index in [0.29, 0.717) is 0 Å². The van der Waals surface area contributed by atoms with Crippen molar-refractivity contribution in [2.24, 2.45) is 5.41 Å². The van der Waals surface area contributed by atoms with E-state index >= 15 is 0 Å². The van der Waals surface area contributed by atoms with Crippen LogP contribution in [0.15, 0.2) is 22.7 Å². The van der Waals surface area contributed by atoms with Crippen molar-refractivity contribution in [3.8, 4) is 6.07 Å². The standard InChI is InChI=1S/C14H18BrClN2/c1-14(2,10-17)7-3-4-8-18-13-9-11(15)5-6-12(13)16/h5-6,9,18H,3-4,7-8H2,1-2H3. The Kier molecular flexibility index (Phi) is 5.98. The van der Waals surface area contributed by atoms with Gasteiger partial charge in [-0.2, -0.15) is 5.26 Å². The van der Waals surface area contributed by atoms with Gasteiger partial charge in [-0.3, -0.25) is 0 Å². The van der Waals surface area contributed by atoms with E-state index < -0.39 is 0 Å². The molecule has 0 heterocycles. The van der Waals surface area contributed by atoms with Crippen LogP contribution in [0.25, 0.3) is 0 Å². The fourth-order valence-corrected chi connectivity index (χ4v) is 2.15. The Labute approximate surface area is 122 Å². The van der Waals surface area contributed by atoms with Crippen LogP contribution in [0.2, 0.25) is 5.02 Å². The van der Waals surface area contributed by atoms with Crippen LogP contribution < -0.4 is 5.32 Å². The molecule has 1 aromatic rings. The lowest BCUT2D eigenvalue weighted by Gasteiger charge is -2.14. The number of nitrogens with zero attached hydrogens (tertiary/aromatic N) is 1. The Morgan fingerprint density at radius 3 is 2.78 bits per heavy atom. The van der Waals surface area contributed by atoms with Crippen molar-refractivity contribution in [2.45, 2.75) is 33.1 Å². The Hall–Kier alpha value is -0.720. The van der Waals surface area contributed by atoms with Gasteiger partial charge in [0.15, 0.2) is 0 Å². The zero-order valence-corrected chi connectivity index (χ0v) is 13.1. The van der Waals surface area contributed by atoms with Crippen LogP contribution in [0, 0.1) is 16.7 Å². The summed E-state index contributed by atoms with van der Waals surface area (Å²) in [5, 5.41) is 13.0. The lowest BCUT2D eigenvalue weighted by molar-refractivity contribution is 0.430. The van der Waals surface area contributed by atoms with Gasteiger partial charge in [0, 0.05) is 11.0 Å². The number of hydrogen-bond acceptors (Lipinski definition) is 2.